The second-order valence-corrected chi connectivity index (χ2v) is 5.11. The molecule has 0 saturated heterocycles. The first kappa shape index (κ1) is 15.8. The van der Waals surface area contributed by atoms with Crippen molar-refractivity contribution in [3.63, 3.8) is 0 Å². The minimum Gasteiger partial charge on any atom is -0.459 e. The fourth-order valence-electron chi connectivity index (χ4n) is 1.87. The van der Waals surface area contributed by atoms with Crippen LogP contribution in [0, 0.1) is 0 Å². The molecular formula is C18H18O4. The molecule has 4 nitrogen and oxygen atoms in total. The summed E-state index contributed by atoms with van der Waals surface area (Å²) in [6, 6.07) is 15.7. The molecule has 2 aromatic rings. The van der Waals surface area contributed by atoms with E-state index in [4.69, 9.17) is 9.47 Å². The molecule has 2 rings (SSSR count). The van der Waals surface area contributed by atoms with E-state index in [1.54, 1.807) is 38.1 Å². The molecule has 0 aromatic heterocycles. The van der Waals surface area contributed by atoms with Crippen molar-refractivity contribution in [1.82, 2.24) is 0 Å². The van der Waals surface area contributed by atoms with Crippen molar-refractivity contribution in [2.75, 3.05) is 0 Å². The fraction of sp³-hybridized carbons (Fsp3) is 0.222. The van der Waals surface area contributed by atoms with E-state index in [0.29, 0.717) is 11.3 Å². The largest absolute Gasteiger partial charge is 0.459 e. The SMILES string of the molecule is CC(C)OC(=O)c1ccc(OC(=O)Cc2ccccc2)cc1. The molecule has 0 heterocycles. The maximum Gasteiger partial charge on any atom is 0.338 e. The smallest absolute Gasteiger partial charge is 0.338 e. The van der Waals surface area contributed by atoms with Crippen LogP contribution in [0.4, 0.5) is 0 Å². The maximum absolute atomic E-state index is 11.8. The molecule has 0 atom stereocenters. The minimum atomic E-state index is -0.392. The Morgan fingerprint density at radius 1 is 0.955 bits per heavy atom. The Bertz CT molecular complexity index is 630. The summed E-state index contributed by atoms with van der Waals surface area (Å²) in [5.41, 5.74) is 1.32. The van der Waals surface area contributed by atoms with Gasteiger partial charge in [-0.2, -0.15) is 0 Å². The lowest BCUT2D eigenvalue weighted by Crippen LogP contribution is -2.12. The normalized spacial score (nSPS) is 10.3. The summed E-state index contributed by atoms with van der Waals surface area (Å²) in [6.45, 7) is 3.58. The van der Waals surface area contributed by atoms with E-state index >= 15 is 0 Å². The molecule has 0 unspecified atom stereocenters. The lowest BCUT2D eigenvalue weighted by Gasteiger charge is -2.08. The van der Waals surface area contributed by atoms with Gasteiger partial charge in [-0.3, -0.25) is 4.79 Å². The van der Waals surface area contributed by atoms with Crippen LogP contribution < -0.4 is 4.74 Å². The third-order valence-corrected chi connectivity index (χ3v) is 2.86. The average molecular weight is 298 g/mol. The summed E-state index contributed by atoms with van der Waals surface area (Å²) < 4.78 is 10.3. The second kappa shape index (κ2) is 7.41. The maximum atomic E-state index is 11.8. The molecule has 0 saturated carbocycles. The van der Waals surface area contributed by atoms with Crippen molar-refractivity contribution in [1.29, 1.82) is 0 Å². The summed E-state index contributed by atoms with van der Waals surface area (Å²) in [5.74, 6) is -0.331. The van der Waals surface area contributed by atoms with Crippen molar-refractivity contribution in [3.8, 4) is 5.75 Å². The minimum absolute atomic E-state index is 0.170. The van der Waals surface area contributed by atoms with Crippen molar-refractivity contribution in [3.05, 3.63) is 65.7 Å². The first-order chi connectivity index (χ1) is 10.5. The van der Waals surface area contributed by atoms with Crippen LogP contribution in [-0.2, 0) is 16.0 Å². The zero-order chi connectivity index (χ0) is 15.9. The number of benzene rings is 2. The van der Waals surface area contributed by atoms with Gasteiger partial charge in [-0.1, -0.05) is 30.3 Å². The molecule has 0 fully saturated rings. The van der Waals surface area contributed by atoms with E-state index in [0.717, 1.165) is 5.56 Å². The summed E-state index contributed by atoms with van der Waals surface area (Å²) in [5, 5.41) is 0. The van der Waals surface area contributed by atoms with Gasteiger partial charge in [-0.05, 0) is 43.7 Å². The van der Waals surface area contributed by atoms with Crippen LogP contribution in [0.5, 0.6) is 5.75 Å². The van der Waals surface area contributed by atoms with E-state index < -0.39 is 5.97 Å². The van der Waals surface area contributed by atoms with Gasteiger partial charge in [-0.25, -0.2) is 4.79 Å². The quantitative estimate of drug-likeness (QED) is 0.627. The zero-order valence-corrected chi connectivity index (χ0v) is 12.6. The van der Waals surface area contributed by atoms with Gasteiger partial charge in [0, 0.05) is 0 Å². The monoisotopic (exact) mass is 298 g/mol. The van der Waals surface area contributed by atoms with Gasteiger partial charge in [0.1, 0.15) is 5.75 Å². The van der Waals surface area contributed by atoms with E-state index in [-0.39, 0.29) is 18.5 Å². The van der Waals surface area contributed by atoms with Crippen LogP contribution in [0.15, 0.2) is 54.6 Å². The Labute approximate surface area is 129 Å². The third-order valence-electron chi connectivity index (χ3n) is 2.86. The predicted molar refractivity (Wildman–Crippen MR) is 82.8 cm³/mol. The van der Waals surface area contributed by atoms with Crippen LogP contribution in [0.2, 0.25) is 0 Å². The predicted octanol–water partition coefficient (Wildman–Crippen LogP) is 3.40. The Balaban J connectivity index is 1.93. The first-order valence-corrected chi connectivity index (χ1v) is 7.10. The Morgan fingerprint density at radius 2 is 1.59 bits per heavy atom. The molecule has 0 bridgehead atoms. The molecular weight excluding hydrogens is 280 g/mol. The summed E-state index contributed by atoms with van der Waals surface area (Å²) >= 11 is 0. The first-order valence-electron chi connectivity index (χ1n) is 7.10. The topological polar surface area (TPSA) is 52.6 Å². The van der Waals surface area contributed by atoms with Gasteiger partial charge < -0.3 is 9.47 Å². The van der Waals surface area contributed by atoms with Gasteiger partial charge in [0.05, 0.1) is 18.1 Å². The molecule has 114 valence electrons. The lowest BCUT2D eigenvalue weighted by atomic mass is 10.1. The summed E-state index contributed by atoms with van der Waals surface area (Å²) in [7, 11) is 0. The van der Waals surface area contributed by atoms with E-state index in [2.05, 4.69) is 0 Å². The summed E-state index contributed by atoms with van der Waals surface area (Å²) in [4.78, 5) is 23.5. The average Bonchev–Trinajstić information content (AvgIpc) is 2.48. The van der Waals surface area contributed by atoms with Crippen molar-refractivity contribution in [2.45, 2.75) is 26.4 Å². The van der Waals surface area contributed by atoms with Crippen LogP contribution in [-0.4, -0.2) is 18.0 Å². The molecule has 0 amide bonds. The lowest BCUT2D eigenvalue weighted by molar-refractivity contribution is -0.133. The molecule has 2 aromatic carbocycles. The third kappa shape index (κ3) is 4.74. The molecule has 0 aliphatic carbocycles. The molecule has 0 spiro atoms. The fourth-order valence-corrected chi connectivity index (χ4v) is 1.87. The Morgan fingerprint density at radius 3 is 2.18 bits per heavy atom. The zero-order valence-electron chi connectivity index (χ0n) is 12.6. The van der Waals surface area contributed by atoms with Crippen LogP contribution >= 0.6 is 0 Å². The number of hydrogen-bond donors (Lipinski definition) is 0. The number of ether oxygens (including phenoxy) is 2. The van der Waals surface area contributed by atoms with E-state index in [9.17, 15) is 9.59 Å². The number of hydrogen-bond acceptors (Lipinski definition) is 4. The van der Waals surface area contributed by atoms with Gasteiger partial charge in [-0.15, -0.1) is 0 Å². The molecule has 22 heavy (non-hydrogen) atoms. The van der Waals surface area contributed by atoms with Gasteiger partial charge in [0.25, 0.3) is 0 Å². The highest BCUT2D eigenvalue weighted by atomic mass is 16.5. The summed E-state index contributed by atoms with van der Waals surface area (Å²) in [6.07, 6.45) is 0.0358. The molecule has 4 heteroatoms. The number of carbonyl (C=O) groups is 2. The molecule has 0 aliphatic heterocycles. The van der Waals surface area contributed by atoms with Crippen molar-refractivity contribution >= 4 is 11.9 Å². The molecule has 0 radical (unpaired) electrons. The van der Waals surface area contributed by atoms with Crippen LogP contribution in [0.3, 0.4) is 0 Å². The highest BCUT2D eigenvalue weighted by Gasteiger charge is 2.10. The van der Waals surface area contributed by atoms with Crippen molar-refractivity contribution in [2.24, 2.45) is 0 Å². The van der Waals surface area contributed by atoms with E-state index in [1.165, 1.54) is 0 Å². The highest BCUT2D eigenvalue weighted by Crippen LogP contribution is 2.14. The van der Waals surface area contributed by atoms with Gasteiger partial charge in [0.2, 0.25) is 0 Å². The standard InChI is InChI=1S/C18H18O4/c1-13(2)21-18(20)15-8-10-16(11-9-15)22-17(19)12-14-6-4-3-5-7-14/h3-11,13H,12H2,1-2H3. The molecule has 0 aliphatic rings. The molecule has 0 N–H and O–H groups in total. The second-order valence-electron chi connectivity index (χ2n) is 5.11. The highest BCUT2D eigenvalue weighted by molar-refractivity contribution is 5.89. The van der Waals surface area contributed by atoms with E-state index in [1.807, 2.05) is 30.3 Å². The Kier molecular flexibility index (Phi) is 5.31. The van der Waals surface area contributed by atoms with Crippen LogP contribution in [0.25, 0.3) is 0 Å². The number of carbonyl (C=O) groups excluding carboxylic acids is 2. The van der Waals surface area contributed by atoms with Crippen LogP contribution in [0.1, 0.15) is 29.8 Å². The van der Waals surface area contributed by atoms with Crippen molar-refractivity contribution < 1.29 is 19.1 Å². The van der Waals surface area contributed by atoms with Gasteiger partial charge in [0.15, 0.2) is 0 Å². The Hall–Kier alpha value is -2.62. The van der Waals surface area contributed by atoms with Gasteiger partial charge >= 0.3 is 11.9 Å². The number of esters is 2. The number of rotatable bonds is 5.